The second-order valence-corrected chi connectivity index (χ2v) is 12.6. The molecule has 0 heterocycles. The van der Waals surface area contributed by atoms with E-state index in [0.717, 1.165) is 0 Å². The fourth-order valence-corrected chi connectivity index (χ4v) is 6.24. The molecule has 0 aromatic heterocycles. The van der Waals surface area contributed by atoms with Gasteiger partial charge in [-0.2, -0.15) is 0 Å². The van der Waals surface area contributed by atoms with Gasteiger partial charge < -0.3 is 0 Å². The fraction of sp³-hybridized carbons (Fsp3) is 0.471. The first-order valence-electron chi connectivity index (χ1n) is 14.3. The van der Waals surface area contributed by atoms with E-state index < -0.39 is 0 Å². The first-order chi connectivity index (χ1) is 17.6. The third kappa shape index (κ3) is 9.78. The highest BCUT2D eigenvalue weighted by atomic mass is 127. The molecule has 0 spiro atoms. The molecule has 0 unspecified atom stereocenters. The van der Waals surface area contributed by atoms with Crippen molar-refractivity contribution < 1.29 is 0 Å². The average Bonchev–Trinajstić information content (AvgIpc) is 2.90. The maximum Gasteiger partial charge on any atom is 0.0208 e. The third-order valence-electron chi connectivity index (χ3n) is 7.21. The van der Waals surface area contributed by atoms with Crippen molar-refractivity contribution in [2.24, 2.45) is 0 Å². The standard InChI is InChI=1S/C34H44I2/c1-3-5-7-9-11-13-15-27-17-23-33(35)31(25-27)29-19-21-30(22-20-29)32-26-28(18-24-34(32)36)16-14-12-10-8-6-4-2/h17-26H,3-16H2,1-2H3. The fourth-order valence-electron chi connectivity index (χ4n) is 4.95. The average molecular weight is 707 g/mol. The zero-order chi connectivity index (χ0) is 25.6. The molecule has 0 atom stereocenters. The maximum atomic E-state index is 2.49. The topological polar surface area (TPSA) is 0 Å². The third-order valence-corrected chi connectivity index (χ3v) is 9.09. The molecule has 0 saturated heterocycles. The summed E-state index contributed by atoms with van der Waals surface area (Å²) in [6.45, 7) is 4.57. The smallest absolute Gasteiger partial charge is 0.0208 e. The van der Waals surface area contributed by atoms with Gasteiger partial charge in [0.2, 0.25) is 0 Å². The summed E-state index contributed by atoms with van der Waals surface area (Å²) < 4.78 is 2.67. The van der Waals surface area contributed by atoms with Crippen LogP contribution in [0.4, 0.5) is 0 Å². The Morgan fingerprint density at radius 2 is 0.806 bits per heavy atom. The Balaban J connectivity index is 1.63. The van der Waals surface area contributed by atoms with Gasteiger partial charge in [0, 0.05) is 7.14 Å². The van der Waals surface area contributed by atoms with Crippen LogP contribution in [0, 0.1) is 7.14 Å². The number of hydrogen-bond acceptors (Lipinski definition) is 0. The monoisotopic (exact) mass is 706 g/mol. The largest absolute Gasteiger partial charge is 0.0654 e. The molecule has 36 heavy (non-hydrogen) atoms. The van der Waals surface area contributed by atoms with Crippen LogP contribution in [0.1, 0.15) is 102 Å². The molecule has 0 saturated carbocycles. The van der Waals surface area contributed by atoms with Crippen LogP contribution in [0.2, 0.25) is 0 Å². The number of halogens is 2. The Labute approximate surface area is 248 Å². The summed E-state index contributed by atoms with van der Waals surface area (Å²) >= 11 is 4.98. The van der Waals surface area contributed by atoms with E-state index in [1.54, 1.807) is 0 Å². The molecule has 0 fully saturated rings. The van der Waals surface area contributed by atoms with E-state index in [9.17, 15) is 0 Å². The summed E-state index contributed by atoms with van der Waals surface area (Å²) in [5, 5.41) is 0. The molecule has 3 aromatic carbocycles. The van der Waals surface area contributed by atoms with Crippen LogP contribution in [-0.4, -0.2) is 0 Å². The van der Waals surface area contributed by atoms with E-state index in [2.05, 4.69) is 120 Å². The lowest BCUT2D eigenvalue weighted by Gasteiger charge is -2.12. The van der Waals surface area contributed by atoms with Crippen molar-refractivity contribution in [1.29, 1.82) is 0 Å². The van der Waals surface area contributed by atoms with Gasteiger partial charge in [-0.1, -0.05) is 127 Å². The van der Waals surface area contributed by atoms with Gasteiger partial charge in [-0.3, -0.25) is 0 Å². The van der Waals surface area contributed by atoms with Crippen LogP contribution in [0.5, 0.6) is 0 Å². The van der Waals surface area contributed by atoms with Gasteiger partial charge in [0.25, 0.3) is 0 Å². The van der Waals surface area contributed by atoms with Gasteiger partial charge >= 0.3 is 0 Å². The van der Waals surface area contributed by atoms with Crippen molar-refractivity contribution in [2.45, 2.75) is 104 Å². The highest BCUT2D eigenvalue weighted by Crippen LogP contribution is 2.32. The van der Waals surface area contributed by atoms with Crippen molar-refractivity contribution in [3.8, 4) is 22.3 Å². The normalized spacial score (nSPS) is 11.2. The number of unbranched alkanes of at least 4 members (excludes halogenated alkanes) is 10. The molecular formula is C34H44I2. The van der Waals surface area contributed by atoms with E-state index in [-0.39, 0.29) is 0 Å². The highest BCUT2D eigenvalue weighted by Gasteiger charge is 2.09. The van der Waals surface area contributed by atoms with Gasteiger partial charge in [-0.05, 0) is 116 Å². The number of rotatable bonds is 16. The number of aryl methyl sites for hydroxylation is 2. The first kappa shape index (κ1) is 29.7. The minimum Gasteiger partial charge on any atom is -0.0654 e. The van der Waals surface area contributed by atoms with Crippen LogP contribution in [0.25, 0.3) is 22.3 Å². The van der Waals surface area contributed by atoms with E-state index in [1.807, 2.05) is 0 Å². The van der Waals surface area contributed by atoms with Crippen LogP contribution in [0.15, 0.2) is 60.7 Å². The Bertz CT molecular complexity index is 951. The van der Waals surface area contributed by atoms with Gasteiger partial charge in [0.15, 0.2) is 0 Å². The molecule has 0 aliphatic heterocycles. The Morgan fingerprint density at radius 1 is 0.444 bits per heavy atom. The number of benzene rings is 3. The van der Waals surface area contributed by atoms with Crippen molar-refractivity contribution >= 4 is 45.2 Å². The molecule has 0 radical (unpaired) electrons. The molecule has 0 bridgehead atoms. The van der Waals surface area contributed by atoms with Crippen molar-refractivity contribution in [2.75, 3.05) is 0 Å². The highest BCUT2D eigenvalue weighted by molar-refractivity contribution is 14.1. The summed E-state index contributed by atoms with van der Waals surface area (Å²) in [5.41, 5.74) is 8.34. The van der Waals surface area contributed by atoms with E-state index in [4.69, 9.17) is 0 Å². The van der Waals surface area contributed by atoms with Crippen molar-refractivity contribution in [1.82, 2.24) is 0 Å². The van der Waals surface area contributed by atoms with Crippen LogP contribution in [0.3, 0.4) is 0 Å². The number of hydrogen-bond donors (Lipinski definition) is 0. The summed E-state index contributed by atoms with van der Waals surface area (Å²) in [6.07, 6.45) is 18.6. The second-order valence-electron chi connectivity index (χ2n) is 10.2. The SMILES string of the molecule is CCCCCCCCc1ccc(I)c(-c2ccc(-c3cc(CCCCCCCC)ccc3I)cc2)c1. The Morgan fingerprint density at radius 3 is 1.19 bits per heavy atom. The Kier molecular flexibility index (Phi) is 13.9. The molecule has 0 amide bonds. The molecule has 194 valence electrons. The molecule has 2 heteroatoms. The second kappa shape index (κ2) is 16.9. The molecule has 0 aliphatic carbocycles. The van der Waals surface area contributed by atoms with Gasteiger partial charge in [0.05, 0.1) is 0 Å². The predicted octanol–water partition coefficient (Wildman–Crippen LogP) is 12.0. The van der Waals surface area contributed by atoms with E-state index >= 15 is 0 Å². The lowest BCUT2D eigenvalue weighted by molar-refractivity contribution is 0.607. The zero-order valence-corrected chi connectivity index (χ0v) is 26.7. The van der Waals surface area contributed by atoms with Crippen LogP contribution >= 0.6 is 45.2 Å². The van der Waals surface area contributed by atoms with Gasteiger partial charge in [-0.25, -0.2) is 0 Å². The van der Waals surface area contributed by atoms with E-state index in [0.29, 0.717) is 0 Å². The summed E-state index contributed by atoms with van der Waals surface area (Å²) in [7, 11) is 0. The van der Waals surface area contributed by atoms with Gasteiger partial charge in [0.1, 0.15) is 0 Å². The molecule has 3 rings (SSSR count). The van der Waals surface area contributed by atoms with Crippen LogP contribution in [-0.2, 0) is 12.8 Å². The molecule has 0 N–H and O–H groups in total. The molecule has 0 aliphatic rings. The summed E-state index contributed by atoms with van der Waals surface area (Å²) in [6, 6.07) is 23.4. The molecule has 0 nitrogen and oxygen atoms in total. The summed E-state index contributed by atoms with van der Waals surface area (Å²) in [4.78, 5) is 0. The minimum atomic E-state index is 1.19. The molecular weight excluding hydrogens is 662 g/mol. The quantitative estimate of drug-likeness (QED) is 0.103. The van der Waals surface area contributed by atoms with Crippen LogP contribution < -0.4 is 0 Å². The lowest BCUT2D eigenvalue weighted by atomic mass is 9.96. The predicted molar refractivity (Wildman–Crippen MR) is 177 cm³/mol. The first-order valence-corrected chi connectivity index (χ1v) is 16.5. The Hall–Kier alpha value is -0.880. The maximum absolute atomic E-state index is 2.49. The van der Waals surface area contributed by atoms with Crippen molar-refractivity contribution in [3.05, 3.63) is 78.9 Å². The zero-order valence-electron chi connectivity index (χ0n) is 22.4. The summed E-state index contributed by atoms with van der Waals surface area (Å²) in [5.74, 6) is 0. The van der Waals surface area contributed by atoms with Gasteiger partial charge in [-0.15, -0.1) is 0 Å². The molecule has 3 aromatic rings. The van der Waals surface area contributed by atoms with E-state index in [1.165, 1.54) is 130 Å². The minimum absolute atomic E-state index is 1.19. The lowest BCUT2D eigenvalue weighted by Crippen LogP contribution is -1.92. The van der Waals surface area contributed by atoms with Crippen molar-refractivity contribution in [3.63, 3.8) is 0 Å².